The number of carbonyl (C=O) groups is 3. The van der Waals surface area contributed by atoms with Gasteiger partial charge in [0, 0.05) is 0 Å². The lowest BCUT2D eigenvalue weighted by atomic mass is 9.91. The van der Waals surface area contributed by atoms with Crippen molar-refractivity contribution in [3.63, 3.8) is 0 Å². The number of ether oxygens (including phenoxy) is 1. The third-order valence-corrected chi connectivity index (χ3v) is 2.77. The summed E-state index contributed by atoms with van der Waals surface area (Å²) in [4.78, 5) is 33.5. The number of hydrogen-bond acceptors (Lipinski definition) is 4. The van der Waals surface area contributed by atoms with Gasteiger partial charge in [0.1, 0.15) is 6.04 Å². The first-order valence-electron chi connectivity index (χ1n) is 5.72. The highest BCUT2D eigenvalue weighted by molar-refractivity contribution is 5.84. The van der Waals surface area contributed by atoms with Crippen molar-refractivity contribution in [2.45, 2.75) is 18.4 Å². The Balaban J connectivity index is 2.91. The van der Waals surface area contributed by atoms with Gasteiger partial charge >= 0.3 is 5.97 Å². The molecule has 0 spiro atoms. The van der Waals surface area contributed by atoms with Gasteiger partial charge in [-0.05, 0) is 12.0 Å². The highest BCUT2D eigenvalue weighted by Gasteiger charge is 2.27. The van der Waals surface area contributed by atoms with Gasteiger partial charge in [0.25, 0.3) is 0 Å². The number of primary amides is 1. The lowest BCUT2D eigenvalue weighted by Gasteiger charge is -2.19. The molecule has 0 aliphatic heterocycles. The van der Waals surface area contributed by atoms with Gasteiger partial charge in [0.05, 0.1) is 13.0 Å². The number of methoxy groups -OCH3 is 1. The summed E-state index contributed by atoms with van der Waals surface area (Å²) in [7, 11) is 1.21. The van der Waals surface area contributed by atoms with E-state index in [0.717, 1.165) is 0 Å². The third kappa shape index (κ3) is 4.09. The molecule has 0 saturated heterocycles. The Kier molecular flexibility index (Phi) is 5.53. The first-order valence-corrected chi connectivity index (χ1v) is 5.72. The predicted octanol–water partition coefficient (Wildman–Crippen LogP) is -0.0668. The molecule has 1 rings (SSSR count). The molecule has 2 atom stereocenters. The number of nitrogens with one attached hydrogen (secondary N) is 1. The summed E-state index contributed by atoms with van der Waals surface area (Å²) < 4.78 is 4.57. The Morgan fingerprint density at radius 1 is 1.37 bits per heavy atom. The van der Waals surface area contributed by atoms with E-state index in [1.165, 1.54) is 7.11 Å². The fraction of sp³-hybridized carbons (Fsp3) is 0.308. The van der Waals surface area contributed by atoms with Crippen molar-refractivity contribution in [3.05, 3.63) is 35.9 Å². The number of nitrogens with two attached hydrogens (primary N) is 1. The maximum absolute atomic E-state index is 11.5. The van der Waals surface area contributed by atoms with E-state index in [-0.39, 0.29) is 6.42 Å². The van der Waals surface area contributed by atoms with E-state index < -0.39 is 23.8 Å². The molecule has 1 aromatic rings. The molecule has 0 aliphatic rings. The van der Waals surface area contributed by atoms with E-state index in [9.17, 15) is 14.4 Å². The zero-order chi connectivity index (χ0) is 14.3. The van der Waals surface area contributed by atoms with Crippen LogP contribution in [0.1, 0.15) is 17.9 Å². The monoisotopic (exact) mass is 264 g/mol. The largest absolute Gasteiger partial charge is 0.467 e. The van der Waals surface area contributed by atoms with Gasteiger partial charge in [-0.3, -0.25) is 9.59 Å². The van der Waals surface area contributed by atoms with Crippen LogP contribution < -0.4 is 11.1 Å². The average molecular weight is 264 g/mol. The third-order valence-electron chi connectivity index (χ3n) is 2.77. The Hall–Kier alpha value is -2.37. The van der Waals surface area contributed by atoms with E-state index in [0.29, 0.717) is 12.0 Å². The summed E-state index contributed by atoms with van der Waals surface area (Å²) >= 11 is 0. The van der Waals surface area contributed by atoms with Crippen LogP contribution in [-0.4, -0.2) is 31.4 Å². The molecule has 3 N–H and O–H groups in total. The van der Waals surface area contributed by atoms with Gasteiger partial charge in [-0.15, -0.1) is 0 Å². The number of carbonyl (C=O) groups excluding carboxylic acids is 3. The summed E-state index contributed by atoms with van der Waals surface area (Å²) in [5.74, 6) is -1.85. The Bertz CT molecular complexity index is 447. The summed E-state index contributed by atoms with van der Waals surface area (Å²) in [5, 5.41) is 2.33. The second-order valence-corrected chi connectivity index (χ2v) is 3.96. The van der Waals surface area contributed by atoms with E-state index in [4.69, 9.17) is 5.73 Å². The molecule has 1 aromatic carbocycles. The molecule has 0 aromatic heterocycles. The van der Waals surface area contributed by atoms with E-state index in [1.807, 2.05) is 6.07 Å². The van der Waals surface area contributed by atoms with Crippen molar-refractivity contribution < 1.29 is 19.1 Å². The van der Waals surface area contributed by atoms with Gasteiger partial charge in [-0.25, -0.2) is 4.79 Å². The minimum atomic E-state index is -0.903. The fourth-order valence-corrected chi connectivity index (χ4v) is 1.79. The minimum Gasteiger partial charge on any atom is -0.467 e. The molecule has 1 unspecified atom stereocenters. The van der Waals surface area contributed by atoms with Crippen molar-refractivity contribution in [2.75, 3.05) is 7.11 Å². The number of esters is 1. The highest BCUT2D eigenvalue weighted by atomic mass is 16.5. The molecule has 0 saturated carbocycles. The predicted molar refractivity (Wildman–Crippen MR) is 68.0 cm³/mol. The maximum Gasteiger partial charge on any atom is 0.328 e. The smallest absolute Gasteiger partial charge is 0.328 e. The summed E-state index contributed by atoms with van der Waals surface area (Å²) in [6.07, 6.45) is 0.454. The van der Waals surface area contributed by atoms with Gasteiger partial charge in [0.15, 0.2) is 0 Å². The van der Waals surface area contributed by atoms with E-state index >= 15 is 0 Å². The van der Waals surface area contributed by atoms with Crippen LogP contribution in [0.2, 0.25) is 0 Å². The lowest BCUT2D eigenvalue weighted by molar-refractivity contribution is -0.144. The lowest BCUT2D eigenvalue weighted by Crippen LogP contribution is -2.40. The fourth-order valence-electron chi connectivity index (χ4n) is 1.79. The van der Waals surface area contributed by atoms with E-state index in [2.05, 4.69) is 10.1 Å². The van der Waals surface area contributed by atoms with Crippen LogP contribution in [0.3, 0.4) is 0 Å². The first-order chi connectivity index (χ1) is 9.10. The van der Waals surface area contributed by atoms with Gasteiger partial charge in [0.2, 0.25) is 12.3 Å². The summed E-state index contributed by atoms with van der Waals surface area (Å²) in [6, 6.07) is 7.93. The van der Waals surface area contributed by atoms with Crippen LogP contribution in [0.4, 0.5) is 0 Å². The second kappa shape index (κ2) is 7.15. The van der Waals surface area contributed by atoms with Crippen molar-refractivity contribution in [1.82, 2.24) is 5.32 Å². The molecular weight excluding hydrogens is 248 g/mol. The molecule has 6 nitrogen and oxygen atoms in total. The summed E-state index contributed by atoms with van der Waals surface area (Å²) in [5.41, 5.74) is 6.04. The van der Waals surface area contributed by atoms with Crippen LogP contribution >= 0.6 is 0 Å². The van der Waals surface area contributed by atoms with Crippen molar-refractivity contribution in [2.24, 2.45) is 5.73 Å². The Morgan fingerprint density at radius 2 is 2.00 bits per heavy atom. The molecular formula is C13H16N2O4. The normalized spacial score (nSPS) is 13.1. The molecule has 0 radical (unpaired) electrons. The Labute approximate surface area is 110 Å². The van der Waals surface area contributed by atoms with Gasteiger partial charge in [-0.1, -0.05) is 30.3 Å². The number of amides is 2. The quantitative estimate of drug-likeness (QED) is 0.532. The molecule has 0 aliphatic carbocycles. The molecule has 0 heterocycles. The molecule has 0 fully saturated rings. The standard InChI is InChI=1S/C13H16N2O4/c1-19-13(18)11(15-8-16)7-10(12(14)17)9-5-3-2-4-6-9/h2-6,8,10-11H,7H2,1H3,(H2,14,17)(H,15,16)/t10?,11-/m0/s1. The molecule has 19 heavy (non-hydrogen) atoms. The van der Waals surface area contributed by atoms with Gasteiger partial charge in [-0.2, -0.15) is 0 Å². The summed E-state index contributed by atoms with van der Waals surface area (Å²) in [6.45, 7) is 0. The van der Waals surface area contributed by atoms with Crippen LogP contribution in [0.15, 0.2) is 30.3 Å². The van der Waals surface area contributed by atoms with E-state index in [1.54, 1.807) is 24.3 Å². The number of benzene rings is 1. The molecule has 6 heteroatoms. The zero-order valence-corrected chi connectivity index (χ0v) is 10.5. The van der Waals surface area contributed by atoms with Crippen LogP contribution in [0.5, 0.6) is 0 Å². The second-order valence-electron chi connectivity index (χ2n) is 3.96. The number of rotatable bonds is 7. The van der Waals surface area contributed by atoms with Gasteiger partial charge < -0.3 is 15.8 Å². The van der Waals surface area contributed by atoms with Crippen LogP contribution in [0.25, 0.3) is 0 Å². The average Bonchev–Trinajstić information content (AvgIpc) is 2.43. The van der Waals surface area contributed by atoms with Crippen LogP contribution in [0, 0.1) is 0 Å². The minimum absolute atomic E-state index is 0.0603. The first kappa shape index (κ1) is 14.7. The van der Waals surface area contributed by atoms with Crippen molar-refractivity contribution in [3.8, 4) is 0 Å². The SMILES string of the molecule is COC(=O)[C@H](CC(C(N)=O)c1ccccc1)NC=O. The van der Waals surface area contributed by atoms with Crippen molar-refractivity contribution in [1.29, 1.82) is 0 Å². The molecule has 2 amide bonds. The Morgan fingerprint density at radius 3 is 2.47 bits per heavy atom. The van der Waals surface area contributed by atoms with Crippen molar-refractivity contribution >= 4 is 18.3 Å². The number of hydrogen-bond donors (Lipinski definition) is 2. The molecule has 0 bridgehead atoms. The zero-order valence-electron chi connectivity index (χ0n) is 10.5. The highest BCUT2D eigenvalue weighted by Crippen LogP contribution is 2.21. The molecule has 102 valence electrons. The maximum atomic E-state index is 11.5. The topological polar surface area (TPSA) is 98.5 Å². The van der Waals surface area contributed by atoms with Crippen LogP contribution in [-0.2, 0) is 19.1 Å².